The number of fused-ring (bicyclic) bond motifs is 1. The number of Topliss-reactive ketones (excluding diaryl/α,β-unsaturated/α-hetero) is 2. The lowest BCUT2D eigenvalue weighted by Gasteiger charge is -2.25. The fraction of sp³-hybridized carbons (Fsp3) is 0.548. The molecule has 0 spiro atoms. The molecule has 1 aliphatic carbocycles. The average molecular weight is 524 g/mol. The molecule has 2 aromatic carbocycles. The van der Waals surface area contributed by atoms with Crippen molar-refractivity contribution in [3.8, 4) is 0 Å². The number of nitrogens with one attached hydrogen (secondary N) is 1. The SMILES string of the molecule is CC(=O)SC[C@H](C[C@@H]1CCCC1=O)NC(=O)[C@@H](CC(=O)[C@@H](C)Cc1cccc2ccccc12)CC(C)C. The molecule has 5 nitrogen and oxygen atoms in total. The summed E-state index contributed by atoms with van der Waals surface area (Å²) in [7, 11) is 0. The molecule has 0 aliphatic heterocycles. The smallest absolute Gasteiger partial charge is 0.223 e. The second-order valence-corrected chi connectivity index (χ2v) is 12.2. The zero-order valence-electron chi connectivity index (χ0n) is 22.6. The molecular formula is C31H41NO4S. The Morgan fingerprint density at radius 1 is 1.05 bits per heavy atom. The largest absolute Gasteiger partial charge is 0.352 e. The minimum Gasteiger partial charge on any atom is -0.352 e. The Bertz CT molecular complexity index is 1110. The molecule has 1 N–H and O–H groups in total. The maximum Gasteiger partial charge on any atom is 0.223 e. The van der Waals surface area contributed by atoms with Crippen LogP contribution in [-0.2, 0) is 25.6 Å². The Morgan fingerprint density at radius 3 is 2.46 bits per heavy atom. The van der Waals surface area contributed by atoms with E-state index in [0.29, 0.717) is 31.4 Å². The third kappa shape index (κ3) is 8.80. The van der Waals surface area contributed by atoms with Crippen LogP contribution in [0.5, 0.6) is 0 Å². The van der Waals surface area contributed by atoms with Crippen molar-refractivity contribution in [1.29, 1.82) is 0 Å². The Hall–Kier alpha value is -2.47. The number of carbonyl (C=O) groups is 4. The molecule has 0 radical (unpaired) electrons. The van der Waals surface area contributed by atoms with Crippen LogP contribution >= 0.6 is 11.8 Å². The maximum atomic E-state index is 13.4. The molecule has 1 fully saturated rings. The molecule has 4 atom stereocenters. The lowest BCUT2D eigenvalue weighted by atomic mass is 9.85. The fourth-order valence-corrected chi connectivity index (χ4v) is 6.05. The van der Waals surface area contributed by atoms with Crippen LogP contribution in [0.15, 0.2) is 42.5 Å². The van der Waals surface area contributed by atoms with Gasteiger partial charge in [0.05, 0.1) is 0 Å². The number of rotatable bonds is 13. The molecule has 0 saturated heterocycles. The summed E-state index contributed by atoms with van der Waals surface area (Å²) in [6, 6.07) is 14.1. The van der Waals surface area contributed by atoms with E-state index in [9.17, 15) is 19.2 Å². The van der Waals surface area contributed by atoms with Crippen LogP contribution in [0.3, 0.4) is 0 Å². The lowest BCUT2D eigenvalue weighted by molar-refractivity contribution is -0.132. The first-order valence-electron chi connectivity index (χ1n) is 13.6. The van der Waals surface area contributed by atoms with Crippen LogP contribution < -0.4 is 5.32 Å². The van der Waals surface area contributed by atoms with Gasteiger partial charge in [-0.1, -0.05) is 75.0 Å². The van der Waals surface area contributed by atoms with Gasteiger partial charge in [-0.3, -0.25) is 19.2 Å². The van der Waals surface area contributed by atoms with Gasteiger partial charge in [-0.25, -0.2) is 0 Å². The molecule has 0 heterocycles. The summed E-state index contributed by atoms with van der Waals surface area (Å²) < 4.78 is 0. The summed E-state index contributed by atoms with van der Waals surface area (Å²) in [5, 5.41) is 5.44. The van der Waals surface area contributed by atoms with Crippen LogP contribution in [0.4, 0.5) is 0 Å². The van der Waals surface area contributed by atoms with E-state index >= 15 is 0 Å². The van der Waals surface area contributed by atoms with E-state index in [1.54, 1.807) is 0 Å². The highest BCUT2D eigenvalue weighted by atomic mass is 32.2. The first-order valence-corrected chi connectivity index (χ1v) is 14.6. The summed E-state index contributed by atoms with van der Waals surface area (Å²) in [6.45, 7) is 7.59. The molecule has 200 valence electrons. The van der Waals surface area contributed by atoms with Crippen molar-refractivity contribution < 1.29 is 19.2 Å². The van der Waals surface area contributed by atoms with Crippen LogP contribution in [0.1, 0.15) is 71.8 Å². The molecule has 1 aliphatic rings. The minimum absolute atomic E-state index is 0.00633. The average Bonchev–Trinajstić information content (AvgIpc) is 3.25. The number of hydrogen-bond acceptors (Lipinski definition) is 5. The first-order chi connectivity index (χ1) is 17.6. The molecular weight excluding hydrogens is 482 g/mol. The highest BCUT2D eigenvalue weighted by Gasteiger charge is 2.31. The van der Waals surface area contributed by atoms with Crippen molar-refractivity contribution >= 4 is 45.1 Å². The highest BCUT2D eigenvalue weighted by Crippen LogP contribution is 2.28. The van der Waals surface area contributed by atoms with Gasteiger partial charge in [0, 0.05) is 49.3 Å². The second-order valence-electron chi connectivity index (χ2n) is 11.0. The van der Waals surface area contributed by atoms with E-state index in [0.717, 1.165) is 29.2 Å². The number of carbonyl (C=O) groups excluding carboxylic acids is 4. The zero-order valence-corrected chi connectivity index (χ0v) is 23.4. The lowest BCUT2D eigenvalue weighted by Crippen LogP contribution is -2.43. The van der Waals surface area contributed by atoms with E-state index in [1.165, 1.54) is 18.7 Å². The van der Waals surface area contributed by atoms with Gasteiger partial charge in [-0.05, 0) is 54.4 Å². The summed E-state index contributed by atoms with van der Waals surface area (Å²) in [4.78, 5) is 50.6. The van der Waals surface area contributed by atoms with Gasteiger partial charge < -0.3 is 5.32 Å². The van der Waals surface area contributed by atoms with Crippen LogP contribution in [0, 0.1) is 23.7 Å². The highest BCUT2D eigenvalue weighted by molar-refractivity contribution is 8.13. The fourth-order valence-electron chi connectivity index (χ4n) is 5.40. The monoisotopic (exact) mass is 523 g/mol. The molecule has 1 saturated carbocycles. The Labute approximate surface area is 225 Å². The summed E-state index contributed by atoms with van der Waals surface area (Å²) >= 11 is 1.18. The summed E-state index contributed by atoms with van der Waals surface area (Å²) in [6.07, 6.45) is 4.35. The molecule has 0 aromatic heterocycles. The molecule has 3 rings (SSSR count). The van der Waals surface area contributed by atoms with E-state index in [2.05, 4.69) is 43.4 Å². The summed E-state index contributed by atoms with van der Waals surface area (Å²) in [5.41, 5.74) is 1.14. The third-order valence-corrected chi connectivity index (χ3v) is 8.34. The van der Waals surface area contributed by atoms with Crippen molar-refractivity contribution in [2.24, 2.45) is 23.7 Å². The van der Waals surface area contributed by atoms with Gasteiger partial charge in [0.15, 0.2) is 5.12 Å². The van der Waals surface area contributed by atoms with E-state index in [1.807, 2.05) is 25.1 Å². The van der Waals surface area contributed by atoms with Gasteiger partial charge in [0.2, 0.25) is 5.91 Å². The first kappa shape index (κ1) is 29.1. The molecule has 0 bridgehead atoms. The van der Waals surface area contributed by atoms with Crippen molar-refractivity contribution in [2.45, 2.75) is 78.7 Å². The Kier molecular flexibility index (Phi) is 10.9. The predicted molar refractivity (Wildman–Crippen MR) is 151 cm³/mol. The molecule has 2 aromatic rings. The van der Waals surface area contributed by atoms with E-state index in [4.69, 9.17) is 0 Å². The number of thioether (sulfide) groups is 1. The Morgan fingerprint density at radius 2 is 1.78 bits per heavy atom. The maximum absolute atomic E-state index is 13.4. The minimum atomic E-state index is -0.424. The van der Waals surface area contributed by atoms with Gasteiger partial charge in [0.1, 0.15) is 11.6 Å². The van der Waals surface area contributed by atoms with Crippen LogP contribution in [0.25, 0.3) is 10.8 Å². The Balaban J connectivity index is 1.67. The van der Waals surface area contributed by atoms with Crippen LogP contribution in [0.2, 0.25) is 0 Å². The van der Waals surface area contributed by atoms with Crippen molar-refractivity contribution in [3.05, 3.63) is 48.0 Å². The van der Waals surface area contributed by atoms with Gasteiger partial charge in [-0.2, -0.15) is 0 Å². The van der Waals surface area contributed by atoms with Crippen LogP contribution in [-0.4, -0.2) is 34.4 Å². The normalized spacial score (nSPS) is 18.1. The standard InChI is InChI=1S/C31H41NO4S/c1-20(2)15-26(31(36)32-27(19-37-22(4)33)17-25-12-8-14-29(25)34)18-30(35)21(3)16-24-11-7-10-23-9-5-6-13-28(23)24/h5-7,9-11,13,20-21,25-27H,8,12,14-19H2,1-4H3,(H,32,36)/t21-,25-,26+,27-/m0/s1. The van der Waals surface area contributed by atoms with E-state index in [-0.39, 0.29) is 52.8 Å². The van der Waals surface area contributed by atoms with Crippen molar-refractivity contribution in [1.82, 2.24) is 5.32 Å². The second kappa shape index (κ2) is 13.9. The predicted octanol–water partition coefficient (Wildman–Crippen LogP) is 6.16. The third-order valence-electron chi connectivity index (χ3n) is 7.36. The van der Waals surface area contributed by atoms with Crippen molar-refractivity contribution in [3.63, 3.8) is 0 Å². The molecule has 6 heteroatoms. The number of ketones is 2. The molecule has 0 unspecified atom stereocenters. The zero-order chi connectivity index (χ0) is 26.9. The number of benzene rings is 2. The number of hydrogen-bond donors (Lipinski definition) is 1. The number of amides is 1. The van der Waals surface area contributed by atoms with Crippen molar-refractivity contribution in [2.75, 3.05) is 5.75 Å². The van der Waals surface area contributed by atoms with E-state index < -0.39 is 5.92 Å². The van der Waals surface area contributed by atoms with Gasteiger partial charge in [-0.15, -0.1) is 0 Å². The molecule has 1 amide bonds. The quantitative estimate of drug-likeness (QED) is 0.340. The molecule has 37 heavy (non-hydrogen) atoms. The summed E-state index contributed by atoms with van der Waals surface area (Å²) in [5.74, 6) is 0.240. The van der Waals surface area contributed by atoms with Gasteiger partial charge in [0.25, 0.3) is 0 Å². The van der Waals surface area contributed by atoms with Gasteiger partial charge >= 0.3 is 0 Å². The topological polar surface area (TPSA) is 80.3 Å².